The van der Waals surface area contributed by atoms with Crippen LogP contribution in [-0.2, 0) is 10.3 Å². The molecule has 0 spiro atoms. The molecule has 0 radical (unpaired) electrons. The van der Waals surface area contributed by atoms with Gasteiger partial charge in [0.25, 0.3) is 5.69 Å². The van der Waals surface area contributed by atoms with Gasteiger partial charge in [0, 0.05) is 12.6 Å². The predicted molar refractivity (Wildman–Crippen MR) is 84.4 cm³/mol. The number of hydrogen-bond donors (Lipinski definition) is 1. The number of para-hydroxylation sites is 1. The standard InChI is InChI=1S/C16H20F3N3O3/c1-4-9-15(16(17,18)19,21-10-14(2,3)13(23)20-21)11-7-5-6-8-12(11)22(24)25/h5-8H,4,9-10H2,1-3H3,(H,20,23). The second-order valence-corrected chi connectivity index (χ2v) is 6.79. The Bertz CT molecular complexity index is 691. The van der Waals surface area contributed by atoms with Crippen LogP contribution >= 0.6 is 0 Å². The number of rotatable bonds is 5. The number of nitro groups is 1. The van der Waals surface area contributed by atoms with Crippen LogP contribution in [0.5, 0.6) is 0 Å². The Morgan fingerprint density at radius 1 is 1.32 bits per heavy atom. The molecule has 1 N–H and O–H groups in total. The molecule has 6 nitrogen and oxygen atoms in total. The minimum Gasteiger partial charge on any atom is -0.287 e. The molecule has 1 amide bonds. The molecule has 1 aromatic carbocycles. The molecule has 2 rings (SSSR count). The van der Waals surface area contributed by atoms with Crippen molar-refractivity contribution in [1.29, 1.82) is 0 Å². The van der Waals surface area contributed by atoms with Crippen LogP contribution in [0.4, 0.5) is 18.9 Å². The number of nitrogens with zero attached hydrogens (tertiary/aromatic N) is 2. The van der Waals surface area contributed by atoms with Crippen LogP contribution in [0.3, 0.4) is 0 Å². The zero-order valence-electron chi connectivity index (χ0n) is 14.2. The van der Waals surface area contributed by atoms with Crippen LogP contribution in [0.15, 0.2) is 24.3 Å². The van der Waals surface area contributed by atoms with Crippen LogP contribution in [0.25, 0.3) is 0 Å². The van der Waals surface area contributed by atoms with E-state index in [0.29, 0.717) is 0 Å². The van der Waals surface area contributed by atoms with E-state index in [0.717, 1.165) is 17.1 Å². The second-order valence-electron chi connectivity index (χ2n) is 6.79. The van der Waals surface area contributed by atoms with E-state index in [9.17, 15) is 28.1 Å². The van der Waals surface area contributed by atoms with Gasteiger partial charge in [-0.2, -0.15) is 13.2 Å². The summed E-state index contributed by atoms with van der Waals surface area (Å²) in [4.78, 5) is 22.6. The zero-order valence-corrected chi connectivity index (χ0v) is 14.2. The van der Waals surface area contributed by atoms with Crippen LogP contribution in [0.2, 0.25) is 0 Å². The van der Waals surface area contributed by atoms with Crippen molar-refractivity contribution in [2.75, 3.05) is 6.54 Å². The summed E-state index contributed by atoms with van der Waals surface area (Å²) < 4.78 is 42.9. The summed E-state index contributed by atoms with van der Waals surface area (Å²) in [6, 6.07) is 4.82. The topological polar surface area (TPSA) is 75.5 Å². The van der Waals surface area contributed by atoms with Gasteiger partial charge in [0.15, 0.2) is 5.54 Å². The Hall–Kier alpha value is -2.16. The number of hydrazine groups is 1. The Kier molecular flexibility index (Phi) is 4.82. The van der Waals surface area contributed by atoms with E-state index in [2.05, 4.69) is 5.43 Å². The Morgan fingerprint density at radius 3 is 2.36 bits per heavy atom. The molecule has 1 unspecified atom stereocenters. The molecule has 25 heavy (non-hydrogen) atoms. The lowest BCUT2D eigenvalue weighted by atomic mass is 9.82. The van der Waals surface area contributed by atoms with Crippen LogP contribution in [0.1, 0.15) is 39.2 Å². The number of benzene rings is 1. The van der Waals surface area contributed by atoms with E-state index in [1.807, 2.05) is 0 Å². The monoisotopic (exact) mass is 359 g/mol. The minimum absolute atomic E-state index is 0.123. The fourth-order valence-electron chi connectivity index (χ4n) is 3.22. The van der Waals surface area contributed by atoms with Crippen molar-refractivity contribution in [2.45, 2.75) is 45.3 Å². The van der Waals surface area contributed by atoms with Gasteiger partial charge in [-0.25, -0.2) is 5.01 Å². The largest absolute Gasteiger partial charge is 0.412 e. The highest BCUT2D eigenvalue weighted by Gasteiger charge is 2.64. The maximum absolute atomic E-state index is 14.3. The van der Waals surface area contributed by atoms with Gasteiger partial charge in [0.05, 0.1) is 15.9 Å². The smallest absolute Gasteiger partial charge is 0.287 e. The molecule has 9 heteroatoms. The number of halogens is 3. The van der Waals surface area contributed by atoms with E-state index in [1.165, 1.54) is 26.0 Å². The van der Waals surface area contributed by atoms with Crippen molar-refractivity contribution in [2.24, 2.45) is 5.41 Å². The molecule has 0 aliphatic carbocycles. The van der Waals surface area contributed by atoms with Gasteiger partial charge >= 0.3 is 6.18 Å². The summed E-state index contributed by atoms with van der Waals surface area (Å²) in [5, 5.41) is 12.2. The van der Waals surface area contributed by atoms with Crippen molar-refractivity contribution < 1.29 is 22.9 Å². The first-order valence-corrected chi connectivity index (χ1v) is 7.86. The molecule has 1 fully saturated rings. The van der Waals surface area contributed by atoms with Crippen LogP contribution in [0, 0.1) is 15.5 Å². The van der Waals surface area contributed by atoms with Gasteiger partial charge in [-0.1, -0.05) is 25.5 Å². The lowest BCUT2D eigenvalue weighted by Gasteiger charge is -2.42. The van der Waals surface area contributed by atoms with Crippen molar-refractivity contribution in [3.05, 3.63) is 39.9 Å². The van der Waals surface area contributed by atoms with Gasteiger partial charge in [0.1, 0.15) is 0 Å². The van der Waals surface area contributed by atoms with Gasteiger partial charge in [-0.3, -0.25) is 20.3 Å². The number of nitrogens with one attached hydrogen (secondary N) is 1. The molecule has 1 saturated heterocycles. The highest BCUT2D eigenvalue weighted by Crippen LogP contribution is 2.51. The van der Waals surface area contributed by atoms with Crippen molar-refractivity contribution >= 4 is 11.6 Å². The Morgan fingerprint density at radius 2 is 1.92 bits per heavy atom. The SMILES string of the molecule is CCCC(c1ccccc1[N+](=O)[O-])(N1CC(C)(C)C(=O)N1)C(F)(F)F. The number of hydrogen-bond acceptors (Lipinski definition) is 4. The second kappa shape index (κ2) is 6.29. The fraction of sp³-hybridized carbons (Fsp3) is 0.562. The van der Waals surface area contributed by atoms with E-state index in [-0.39, 0.29) is 13.0 Å². The van der Waals surface area contributed by atoms with Gasteiger partial charge in [-0.05, 0) is 26.3 Å². The van der Waals surface area contributed by atoms with E-state index in [1.54, 1.807) is 6.92 Å². The molecule has 0 bridgehead atoms. The lowest BCUT2D eigenvalue weighted by molar-refractivity contribution is -0.388. The zero-order chi connectivity index (χ0) is 19.0. The molecule has 1 atom stereocenters. The molecule has 1 aliphatic heterocycles. The predicted octanol–water partition coefficient (Wildman–Crippen LogP) is 3.53. The van der Waals surface area contributed by atoms with Gasteiger partial charge < -0.3 is 0 Å². The lowest BCUT2D eigenvalue weighted by Crippen LogP contribution is -2.59. The molecule has 1 heterocycles. The number of alkyl halides is 3. The Labute approximate surface area is 143 Å². The van der Waals surface area contributed by atoms with Crippen LogP contribution in [-0.4, -0.2) is 28.6 Å². The van der Waals surface area contributed by atoms with E-state index in [4.69, 9.17) is 0 Å². The van der Waals surface area contributed by atoms with Crippen molar-refractivity contribution in [3.63, 3.8) is 0 Å². The third-order valence-corrected chi connectivity index (χ3v) is 4.49. The molecule has 138 valence electrons. The summed E-state index contributed by atoms with van der Waals surface area (Å²) in [5.74, 6) is -0.546. The van der Waals surface area contributed by atoms with Gasteiger partial charge in [-0.15, -0.1) is 0 Å². The molecule has 1 aromatic rings. The highest BCUT2D eigenvalue weighted by molar-refractivity contribution is 5.83. The Balaban J connectivity index is 2.74. The quantitative estimate of drug-likeness (QED) is 0.645. The van der Waals surface area contributed by atoms with E-state index >= 15 is 0 Å². The maximum Gasteiger partial charge on any atom is 0.412 e. The van der Waals surface area contributed by atoms with Crippen molar-refractivity contribution in [3.8, 4) is 0 Å². The maximum atomic E-state index is 14.3. The first kappa shape index (κ1) is 19.2. The molecule has 0 saturated carbocycles. The third kappa shape index (κ3) is 3.08. The molecular weight excluding hydrogens is 339 g/mol. The fourth-order valence-corrected chi connectivity index (χ4v) is 3.22. The third-order valence-electron chi connectivity index (χ3n) is 4.49. The molecular formula is C16H20F3N3O3. The molecule has 0 aromatic heterocycles. The summed E-state index contributed by atoms with van der Waals surface area (Å²) in [6.07, 6.45) is -5.13. The highest BCUT2D eigenvalue weighted by atomic mass is 19.4. The number of carbonyl (C=O) groups excluding carboxylic acids is 1. The summed E-state index contributed by atoms with van der Waals surface area (Å²) in [6.45, 7) is 4.43. The number of carbonyl (C=O) groups is 1. The first-order valence-electron chi connectivity index (χ1n) is 7.86. The van der Waals surface area contributed by atoms with Crippen LogP contribution < -0.4 is 5.43 Å². The average molecular weight is 359 g/mol. The number of nitro benzene ring substituents is 1. The van der Waals surface area contributed by atoms with Crippen molar-refractivity contribution in [1.82, 2.24) is 10.4 Å². The minimum atomic E-state index is -4.83. The first-order chi connectivity index (χ1) is 11.5. The average Bonchev–Trinajstić information content (AvgIpc) is 2.77. The summed E-state index contributed by atoms with van der Waals surface area (Å²) in [7, 11) is 0. The van der Waals surface area contributed by atoms with E-state index < -0.39 is 45.6 Å². The van der Waals surface area contributed by atoms with Gasteiger partial charge in [0.2, 0.25) is 5.91 Å². The molecule has 1 aliphatic rings. The summed E-state index contributed by atoms with van der Waals surface area (Å²) >= 11 is 0. The number of amides is 1. The normalized spacial score (nSPS) is 20.2. The summed E-state index contributed by atoms with van der Waals surface area (Å²) in [5.41, 5.74) is -2.50.